The van der Waals surface area contributed by atoms with E-state index in [9.17, 15) is 9.59 Å². The fourth-order valence-corrected chi connectivity index (χ4v) is 3.41. The van der Waals surface area contributed by atoms with Gasteiger partial charge in [-0.1, -0.05) is 6.07 Å². The topological polar surface area (TPSA) is 49.4 Å². The molecule has 3 rings (SSSR count). The van der Waals surface area contributed by atoms with E-state index in [-0.39, 0.29) is 11.8 Å². The van der Waals surface area contributed by atoms with Gasteiger partial charge in [-0.25, -0.2) is 0 Å². The van der Waals surface area contributed by atoms with Gasteiger partial charge >= 0.3 is 0 Å². The Morgan fingerprint density at radius 2 is 1.72 bits per heavy atom. The minimum atomic E-state index is -0.132. The summed E-state index contributed by atoms with van der Waals surface area (Å²) in [6.45, 7) is 3.60. The van der Waals surface area contributed by atoms with Crippen LogP contribution in [-0.2, 0) is 0 Å². The smallest absolute Gasteiger partial charge is 0.255 e. The van der Waals surface area contributed by atoms with Crippen molar-refractivity contribution >= 4 is 29.3 Å². The summed E-state index contributed by atoms with van der Waals surface area (Å²) in [5.41, 5.74) is 2.97. The van der Waals surface area contributed by atoms with E-state index in [4.69, 9.17) is 0 Å². The molecule has 130 valence electrons. The van der Waals surface area contributed by atoms with Crippen LogP contribution in [0.3, 0.4) is 0 Å². The van der Waals surface area contributed by atoms with Crippen molar-refractivity contribution in [2.75, 3.05) is 24.7 Å². The van der Waals surface area contributed by atoms with E-state index in [1.807, 2.05) is 36.3 Å². The molecule has 0 aliphatic carbocycles. The van der Waals surface area contributed by atoms with Gasteiger partial charge in [-0.3, -0.25) is 9.59 Å². The number of thioether (sulfide) groups is 1. The Labute approximate surface area is 152 Å². The van der Waals surface area contributed by atoms with Crippen LogP contribution in [0.15, 0.2) is 47.4 Å². The van der Waals surface area contributed by atoms with Crippen LogP contribution in [0.25, 0.3) is 0 Å². The first-order valence-electron chi connectivity index (χ1n) is 8.44. The third-order valence-corrected chi connectivity index (χ3v) is 5.20. The molecular formula is C20H22N2O2S. The minimum absolute atomic E-state index is 0.0684. The molecule has 1 fully saturated rings. The Balaban J connectivity index is 1.71. The van der Waals surface area contributed by atoms with Crippen LogP contribution >= 0.6 is 11.8 Å². The van der Waals surface area contributed by atoms with Crippen LogP contribution in [0, 0.1) is 6.92 Å². The quantitative estimate of drug-likeness (QED) is 0.837. The predicted octanol–water partition coefficient (Wildman–Crippen LogP) is 4.21. The zero-order valence-corrected chi connectivity index (χ0v) is 15.4. The molecule has 5 heteroatoms. The molecule has 25 heavy (non-hydrogen) atoms. The lowest BCUT2D eigenvalue weighted by Crippen LogP contribution is -2.27. The summed E-state index contributed by atoms with van der Waals surface area (Å²) in [6.07, 6.45) is 4.14. The molecule has 0 bridgehead atoms. The van der Waals surface area contributed by atoms with Gasteiger partial charge in [-0.05, 0) is 68.0 Å². The summed E-state index contributed by atoms with van der Waals surface area (Å²) in [4.78, 5) is 27.8. The Hall–Kier alpha value is -2.27. The molecule has 2 aromatic carbocycles. The molecule has 0 radical (unpaired) electrons. The fourth-order valence-electron chi connectivity index (χ4n) is 2.97. The van der Waals surface area contributed by atoms with Gasteiger partial charge in [0.1, 0.15) is 0 Å². The average molecular weight is 354 g/mol. The average Bonchev–Trinajstić information content (AvgIpc) is 3.17. The second-order valence-electron chi connectivity index (χ2n) is 6.21. The van der Waals surface area contributed by atoms with Gasteiger partial charge in [0.15, 0.2) is 0 Å². The molecule has 1 heterocycles. The van der Waals surface area contributed by atoms with Crippen molar-refractivity contribution in [1.82, 2.24) is 4.90 Å². The zero-order chi connectivity index (χ0) is 17.8. The number of nitrogens with zero attached hydrogens (tertiary/aromatic N) is 1. The van der Waals surface area contributed by atoms with Crippen molar-refractivity contribution in [3.63, 3.8) is 0 Å². The van der Waals surface area contributed by atoms with Gasteiger partial charge in [0.05, 0.1) is 0 Å². The highest BCUT2D eigenvalue weighted by Crippen LogP contribution is 2.21. The maximum atomic E-state index is 12.5. The SMILES string of the molecule is CSc1ccc(C)c(C(=O)Nc2ccc(C(=O)N3CCCC3)cc2)c1. The van der Waals surface area contributed by atoms with Crippen molar-refractivity contribution in [2.45, 2.75) is 24.7 Å². The highest BCUT2D eigenvalue weighted by molar-refractivity contribution is 7.98. The molecule has 0 spiro atoms. The second kappa shape index (κ2) is 7.74. The number of aryl methyl sites for hydroxylation is 1. The van der Waals surface area contributed by atoms with E-state index < -0.39 is 0 Å². The number of anilines is 1. The summed E-state index contributed by atoms with van der Waals surface area (Å²) in [5, 5.41) is 2.91. The van der Waals surface area contributed by atoms with Crippen LogP contribution in [-0.4, -0.2) is 36.1 Å². The van der Waals surface area contributed by atoms with Crippen molar-refractivity contribution < 1.29 is 9.59 Å². The van der Waals surface area contributed by atoms with E-state index in [2.05, 4.69) is 5.32 Å². The molecule has 0 unspecified atom stereocenters. The van der Waals surface area contributed by atoms with Gasteiger partial charge in [-0.15, -0.1) is 11.8 Å². The van der Waals surface area contributed by atoms with E-state index in [1.54, 1.807) is 36.0 Å². The molecule has 0 aromatic heterocycles. The van der Waals surface area contributed by atoms with Crippen LogP contribution in [0.4, 0.5) is 5.69 Å². The summed E-state index contributed by atoms with van der Waals surface area (Å²) in [5.74, 6) is -0.0640. The number of carbonyl (C=O) groups excluding carboxylic acids is 2. The highest BCUT2D eigenvalue weighted by atomic mass is 32.2. The first-order chi connectivity index (χ1) is 12.1. The van der Waals surface area contributed by atoms with E-state index >= 15 is 0 Å². The highest BCUT2D eigenvalue weighted by Gasteiger charge is 2.19. The second-order valence-corrected chi connectivity index (χ2v) is 7.09. The molecule has 4 nitrogen and oxygen atoms in total. The Morgan fingerprint density at radius 3 is 2.36 bits per heavy atom. The Kier molecular flexibility index (Phi) is 5.43. The first kappa shape index (κ1) is 17.5. The lowest BCUT2D eigenvalue weighted by Gasteiger charge is -2.15. The molecule has 1 aliphatic rings. The lowest BCUT2D eigenvalue weighted by molar-refractivity contribution is 0.0792. The molecule has 1 saturated heterocycles. The van der Waals surface area contributed by atoms with E-state index in [0.29, 0.717) is 16.8 Å². The lowest BCUT2D eigenvalue weighted by atomic mass is 10.1. The number of nitrogens with one attached hydrogen (secondary N) is 1. The molecule has 2 aromatic rings. The summed E-state index contributed by atoms with van der Waals surface area (Å²) >= 11 is 1.61. The monoisotopic (exact) mass is 354 g/mol. The largest absolute Gasteiger partial charge is 0.339 e. The van der Waals surface area contributed by atoms with Crippen LogP contribution < -0.4 is 5.32 Å². The molecule has 0 atom stereocenters. The van der Waals surface area contributed by atoms with E-state index in [0.717, 1.165) is 36.4 Å². The summed E-state index contributed by atoms with van der Waals surface area (Å²) in [7, 11) is 0. The number of likely N-dealkylation sites (tertiary alicyclic amines) is 1. The van der Waals surface area contributed by atoms with Gasteiger partial charge in [-0.2, -0.15) is 0 Å². The third kappa shape index (κ3) is 4.04. The third-order valence-electron chi connectivity index (χ3n) is 4.47. The normalized spacial score (nSPS) is 13.8. The number of rotatable bonds is 4. The molecule has 1 aliphatic heterocycles. The van der Waals surface area contributed by atoms with Crippen LogP contribution in [0.2, 0.25) is 0 Å². The number of carbonyl (C=O) groups is 2. The van der Waals surface area contributed by atoms with Gasteiger partial charge in [0.25, 0.3) is 11.8 Å². The maximum absolute atomic E-state index is 12.5. The van der Waals surface area contributed by atoms with Gasteiger partial charge in [0.2, 0.25) is 0 Å². The van der Waals surface area contributed by atoms with Crippen molar-refractivity contribution in [3.05, 3.63) is 59.2 Å². The number of benzene rings is 2. The van der Waals surface area contributed by atoms with Gasteiger partial charge < -0.3 is 10.2 Å². The number of amides is 2. The Morgan fingerprint density at radius 1 is 1.04 bits per heavy atom. The van der Waals surface area contributed by atoms with Crippen molar-refractivity contribution in [1.29, 1.82) is 0 Å². The number of hydrogen-bond donors (Lipinski definition) is 1. The number of hydrogen-bond acceptors (Lipinski definition) is 3. The minimum Gasteiger partial charge on any atom is -0.339 e. The molecule has 0 saturated carbocycles. The predicted molar refractivity (Wildman–Crippen MR) is 102 cm³/mol. The van der Waals surface area contributed by atoms with Crippen LogP contribution in [0.1, 0.15) is 39.1 Å². The summed E-state index contributed by atoms with van der Waals surface area (Å²) in [6, 6.07) is 13.0. The van der Waals surface area contributed by atoms with Crippen LogP contribution in [0.5, 0.6) is 0 Å². The summed E-state index contributed by atoms with van der Waals surface area (Å²) < 4.78 is 0. The standard InChI is InChI=1S/C20H22N2O2S/c1-14-5-10-17(25-2)13-18(14)19(23)21-16-8-6-15(7-9-16)20(24)22-11-3-4-12-22/h5-10,13H,3-4,11-12H2,1-2H3,(H,21,23). The van der Waals surface area contributed by atoms with E-state index in [1.165, 1.54) is 0 Å². The first-order valence-corrected chi connectivity index (χ1v) is 9.66. The maximum Gasteiger partial charge on any atom is 0.255 e. The van der Waals surface area contributed by atoms with Crippen molar-refractivity contribution in [3.8, 4) is 0 Å². The zero-order valence-electron chi connectivity index (χ0n) is 14.5. The van der Waals surface area contributed by atoms with Gasteiger partial charge in [0, 0.05) is 34.8 Å². The molecular weight excluding hydrogens is 332 g/mol. The Bertz CT molecular complexity index is 781. The fraction of sp³-hybridized carbons (Fsp3) is 0.300. The van der Waals surface area contributed by atoms with Crippen molar-refractivity contribution in [2.24, 2.45) is 0 Å². The molecule has 1 N–H and O–H groups in total. The molecule has 2 amide bonds.